The first-order valence-corrected chi connectivity index (χ1v) is 9.64. The Morgan fingerprint density at radius 3 is 2.28 bits per heavy atom. The molecular weight excluding hydrogens is 368 g/mol. The number of ether oxygens (including phenoxy) is 1. The van der Waals surface area contributed by atoms with E-state index in [0.717, 1.165) is 35.2 Å². The van der Waals surface area contributed by atoms with Gasteiger partial charge in [0.1, 0.15) is 17.0 Å². The Labute approximate surface area is 169 Å². The van der Waals surface area contributed by atoms with E-state index in [1.54, 1.807) is 6.92 Å². The zero-order chi connectivity index (χ0) is 20.8. The number of aryl methyl sites for hydroxylation is 3. The van der Waals surface area contributed by atoms with Gasteiger partial charge in [-0.15, -0.1) is 0 Å². The average Bonchev–Trinajstić information content (AvgIpc) is 3.14. The highest BCUT2D eigenvalue weighted by molar-refractivity contribution is 5.99. The number of carbonyl (C=O) groups excluding carboxylic acids is 2. The molecule has 0 aliphatic carbocycles. The van der Waals surface area contributed by atoms with Crippen LogP contribution in [0.3, 0.4) is 0 Å². The lowest BCUT2D eigenvalue weighted by Gasteiger charge is -2.14. The smallest absolute Gasteiger partial charge is 0.344 e. The molecule has 6 heteroatoms. The van der Waals surface area contributed by atoms with E-state index >= 15 is 0 Å². The summed E-state index contributed by atoms with van der Waals surface area (Å²) in [6, 6.07) is 15.2. The van der Waals surface area contributed by atoms with E-state index in [-0.39, 0.29) is 18.1 Å². The maximum atomic E-state index is 12.6. The second-order valence-electron chi connectivity index (χ2n) is 6.61. The first-order valence-electron chi connectivity index (χ1n) is 9.64. The molecular formula is C23H24N2O4. The molecule has 0 saturated carbocycles. The van der Waals surface area contributed by atoms with Crippen molar-refractivity contribution in [2.75, 3.05) is 11.9 Å². The Balaban J connectivity index is 1.71. The van der Waals surface area contributed by atoms with E-state index < -0.39 is 5.97 Å². The van der Waals surface area contributed by atoms with E-state index in [1.165, 1.54) is 0 Å². The Hall–Kier alpha value is -3.41. The average molecular weight is 392 g/mol. The Kier molecular flexibility index (Phi) is 6.44. The van der Waals surface area contributed by atoms with E-state index in [9.17, 15) is 9.59 Å². The standard InChI is InChI=1S/C23H24N2O4/c1-4-16-12-9-13-17(5-2)21(16)24-19(26)14-28-23(27)20-15(3)29-25-22(20)18-10-7-6-8-11-18/h6-13H,4-5,14H2,1-3H3,(H,24,26). The normalized spacial score (nSPS) is 10.6. The highest BCUT2D eigenvalue weighted by Crippen LogP contribution is 2.26. The summed E-state index contributed by atoms with van der Waals surface area (Å²) < 4.78 is 10.4. The van der Waals surface area contributed by atoms with Gasteiger partial charge in [-0.1, -0.05) is 67.5 Å². The van der Waals surface area contributed by atoms with Gasteiger partial charge in [0.2, 0.25) is 0 Å². The summed E-state index contributed by atoms with van der Waals surface area (Å²) in [4.78, 5) is 25.1. The Bertz CT molecular complexity index is 987. The van der Waals surface area contributed by atoms with Crippen molar-refractivity contribution in [1.82, 2.24) is 5.16 Å². The topological polar surface area (TPSA) is 81.4 Å². The minimum Gasteiger partial charge on any atom is -0.452 e. The molecule has 1 amide bonds. The molecule has 0 bridgehead atoms. The fourth-order valence-corrected chi connectivity index (χ4v) is 3.19. The monoisotopic (exact) mass is 392 g/mol. The molecule has 0 fully saturated rings. The van der Waals surface area contributed by atoms with Gasteiger partial charge in [-0.25, -0.2) is 4.79 Å². The van der Waals surface area contributed by atoms with Crippen molar-refractivity contribution in [2.24, 2.45) is 0 Å². The van der Waals surface area contributed by atoms with Crippen LogP contribution in [0.4, 0.5) is 5.69 Å². The zero-order valence-electron chi connectivity index (χ0n) is 16.8. The van der Waals surface area contributed by atoms with Gasteiger partial charge in [0.05, 0.1) is 0 Å². The third kappa shape index (κ3) is 4.54. The van der Waals surface area contributed by atoms with E-state index in [4.69, 9.17) is 9.26 Å². The van der Waals surface area contributed by atoms with Crippen molar-refractivity contribution in [3.8, 4) is 11.3 Å². The molecule has 1 aromatic heterocycles. The van der Waals surface area contributed by atoms with Crippen LogP contribution in [0, 0.1) is 6.92 Å². The lowest BCUT2D eigenvalue weighted by atomic mass is 10.0. The number of para-hydroxylation sites is 1. The van der Waals surface area contributed by atoms with Crippen molar-refractivity contribution in [1.29, 1.82) is 0 Å². The molecule has 0 aliphatic heterocycles. The molecule has 0 atom stereocenters. The maximum Gasteiger partial charge on any atom is 0.344 e. The molecule has 2 aromatic carbocycles. The number of carbonyl (C=O) groups is 2. The lowest BCUT2D eigenvalue weighted by molar-refractivity contribution is -0.119. The molecule has 1 N–H and O–H groups in total. The molecule has 0 saturated heterocycles. The largest absolute Gasteiger partial charge is 0.452 e. The number of amides is 1. The zero-order valence-corrected chi connectivity index (χ0v) is 16.8. The second kappa shape index (κ2) is 9.19. The van der Waals surface area contributed by atoms with Gasteiger partial charge in [-0.3, -0.25) is 4.79 Å². The molecule has 1 heterocycles. The van der Waals surface area contributed by atoms with Crippen molar-refractivity contribution < 1.29 is 18.8 Å². The molecule has 0 unspecified atom stereocenters. The number of benzene rings is 2. The number of aromatic nitrogens is 1. The summed E-state index contributed by atoms with van der Waals surface area (Å²) in [5.74, 6) is -0.680. The first-order chi connectivity index (χ1) is 14.0. The van der Waals surface area contributed by atoms with Crippen LogP contribution in [0.2, 0.25) is 0 Å². The van der Waals surface area contributed by atoms with Crippen LogP contribution in [-0.2, 0) is 22.4 Å². The Morgan fingerprint density at radius 2 is 1.66 bits per heavy atom. The number of esters is 1. The van der Waals surface area contributed by atoms with Crippen LogP contribution in [0.15, 0.2) is 53.1 Å². The molecule has 150 valence electrons. The van der Waals surface area contributed by atoms with Gasteiger partial charge in [0, 0.05) is 11.3 Å². The number of nitrogens with one attached hydrogen (secondary N) is 1. The maximum absolute atomic E-state index is 12.6. The molecule has 3 rings (SSSR count). The summed E-state index contributed by atoms with van der Waals surface area (Å²) in [7, 11) is 0. The quantitative estimate of drug-likeness (QED) is 0.596. The van der Waals surface area contributed by atoms with Gasteiger partial charge >= 0.3 is 5.97 Å². The van der Waals surface area contributed by atoms with E-state index in [0.29, 0.717) is 11.5 Å². The second-order valence-corrected chi connectivity index (χ2v) is 6.61. The van der Waals surface area contributed by atoms with Crippen LogP contribution in [-0.4, -0.2) is 23.6 Å². The van der Waals surface area contributed by atoms with Crippen molar-refractivity contribution in [3.05, 3.63) is 71.0 Å². The Morgan fingerprint density at radius 1 is 1.00 bits per heavy atom. The molecule has 0 spiro atoms. The van der Waals surface area contributed by atoms with Gasteiger partial charge in [0.15, 0.2) is 6.61 Å². The van der Waals surface area contributed by atoms with E-state index in [1.807, 2.05) is 62.4 Å². The number of hydrogen-bond acceptors (Lipinski definition) is 5. The lowest BCUT2D eigenvalue weighted by Crippen LogP contribution is -2.22. The van der Waals surface area contributed by atoms with Crippen LogP contribution in [0.1, 0.15) is 41.1 Å². The third-order valence-corrected chi connectivity index (χ3v) is 4.71. The summed E-state index contributed by atoms with van der Waals surface area (Å²) in [6.45, 7) is 5.31. The highest BCUT2D eigenvalue weighted by Gasteiger charge is 2.23. The van der Waals surface area contributed by atoms with Crippen LogP contribution < -0.4 is 5.32 Å². The molecule has 29 heavy (non-hydrogen) atoms. The fraction of sp³-hybridized carbons (Fsp3) is 0.261. The summed E-state index contributed by atoms with van der Waals surface area (Å²) in [5, 5.41) is 6.86. The number of rotatable bonds is 7. The fourth-order valence-electron chi connectivity index (χ4n) is 3.19. The minimum absolute atomic E-state index is 0.229. The van der Waals surface area contributed by atoms with Gasteiger partial charge in [0.25, 0.3) is 5.91 Å². The van der Waals surface area contributed by atoms with Gasteiger partial charge < -0.3 is 14.6 Å². The van der Waals surface area contributed by atoms with Crippen LogP contribution in [0.25, 0.3) is 11.3 Å². The van der Waals surface area contributed by atoms with Gasteiger partial charge in [-0.2, -0.15) is 0 Å². The molecule has 0 radical (unpaired) electrons. The summed E-state index contributed by atoms with van der Waals surface area (Å²) in [5.41, 5.74) is 4.26. The molecule has 6 nitrogen and oxygen atoms in total. The summed E-state index contributed by atoms with van der Waals surface area (Å²) >= 11 is 0. The first kappa shape index (κ1) is 20.3. The predicted octanol–water partition coefficient (Wildman–Crippen LogP) is 4.57. The predicted molar refractivity (Wildman–Crippen MR) is 111 cm³/mol. The van der Waals surface area contributed by atoms with E-state index in [2.05, 4.69) is 10.5 Å². The highest BCUT2D eigenvalue weighted by atomic mass is 16.5. The third-order valence-electron chi connectivity index (χ3n) is 4.71. The van der Waals surface area contributed by atoms with Crippen molar-refractivity contribution in [2.45, 2.75) is 33.6 Å². The number of hydrogen-bond donors (Lipinski definition) is 1. The minimum atomic E-state index is -0.641. The van der Waals surface area contributed by atoms with Gasteiger partial charge in [-0.05, 0) is 30.9 Å². The molecule has 0 aliphatic rings. The summed E-state index contributed by atoms with van der Waals surface area (Å²) in [6.07, 6.45) is 1.59. The van der Waals surface area contributed by atoms with Crippen molar-refractivity contribution >= 4 is 17.6 Å². The molecule has 3 aromatic rings. The van der Waals surface area contributed by atoms with Crippen LogP contribution >= 0.6 is 0 Å². The van der Waals surface area contributed by atoms with Crippen molar-refractivity contribution in [3.63, 3.8) is 0 Å². The number of nitrogens with zero attached hydrogens (tertiary/aromatic N) is 1. The number of anilines is 1. The van der Waals surface area contributed by atoms with Crippen LogP contribution in [0.5, 0.6) is 0 Å². The SMILES string of the molecule is CCc1cccc(CC)c1NC(=O)COC(=O)c1c(-c2ccccc2)noc1C.